The number of methoxy groups -OCH3 is 1. The van der Waals surface area contributed by atoms with Crippen molar-refractivity contribution in [3.63, 3.8) is 0 Å². The molecule has 0 spiro atoms. The number of ether oxygens (including phenoxy) is 1. The van der Waals surface area contributed by atoms with Gasteiger partial charge in [-0.2, -0.15) is 0 Å². The lowest BCUT2D eigenvalue weighted by Gasteiger charge is -2.10. The van der Waals surface area contributed by atoms with Gasteiger partial charge in [-0.3, -0.25) is 0 Å². The molecule has 7 heteroatoms. The van der Waals surface area contributed by atoms with Gasteiger partial charge in [-0.1, -0.05) is 11.8 Å². The summed E-state index contributed by atoms with van der Waals surface area (Å²) in [6.07, 6.45) is 1.25. The Morgan fingerprint density at radius 3 is 3.12 bits per heavy atom. The lowest BCUT2D eigenvalue weighted by molar-refractivity contribution is 0.175. The molecule has 6 nitrogen and oxygen atoms in total. The standard InChI is InChI=1S/C9H18N4O2S/c1-13-7-11-12-9(13)16-6-8(14)5-10-3-4-15-2/h7-8,10,14H,3-6H2,1-2H3. The van der Waals surface area contributed by atoms with Crippen LogP contribution in [0.3, 0.4) is 0 Å². The predicted molar refractivity (Wildman–Crippen MR) is 62.5 cm³/mol. The van der Waals surface area contributed by atoms with Crippen molar-refractivity contribution in [3.8, 4) is 0 Å². The Hall–Kier alpha value is -0.630. The van der Waals surface area contributed by atoms with E-state index >= 15 is 0 Å². The third-order valence-electron chi connectivity index (χ3n) is 1.94. The number of thioether (sulfide) groups is 1. The van der Waals surface area contributed by atoms with E-state index in [1.807, 2.05) is 11.6 Å². The molecule has 0 aliphatic carbocycles. The number of aliphatic hydroxyl groups excluding tert-OH is 1. The van der Waals surface area contributed by atoms with Crippen LogP contribution < -0.4 is 5.32 Å². The normalized spacial score (nSPS) is 12.9. The molecule has 1 aromatic heterocycles. The molecule has 16 heavy (non-hydrogen) atoms. The maximum atomic E-state index is 9.66. The molecule has 0 aliphatic heterocycles. The Kier molecular flexibility index (Phi) is 6.39. The number of nitrogens with zero attached hydrogens (tertiary/aromatic N) is 3. The minimum Gasteiger partial charge on any atom is -0.391 e. The second-order valence-electron chi connectivity index (χ2n) is 3.39. The largest absolute Gasteiger partial charge is 0.391 e. The number of hydrogen-bond donors (Lipinski definition) is 2. The Morgan fingerprint density at radius 2 is 2.50 bits per heavy atom. The summed E-state index contributed by atoms with van der Waals surface area (Å²) in [6.45, 7) is 1.97. The maximum absolute atomic E-state index is 9.66. The third-order valence-corrected chi connectivity index (χ3v) is 3.12. The Balaban J connectivity index is 2.10. The van der Waals surface area contributed by atoms with Gasteiger partial charge >= 0.3 is 0 Å². The summed E-state index contributed by atoms with van der Waals surface area (Å²) in [7, 11) is 3.54. The average molecular weight is 246 g/mol. The Morgan fingerprint density at radius 1 is 1.69 bits per heavy atom. The smallest absolute Gasteiger partial charge is 0.190 e. The van der Waals surface area contributed by atoms with Gasteiger partial charge in [0.2, 0.25) is 0 Å². The van der Waals surface area contributed by atoms with Crippen LogP contribution in [-0.4, -0.2) is 58.5 Å². The van der Waals surface area contributed by atoms with Gasteiger partial charge in [0, 0.05) is 33.0 Å². The first-order chi connectivity index (χ1) is 7.74. The zero-order valence-electron chi connectivity index (χ0n) is 9.59. The molecule has 92 valence electrons. The molecule has 0 saturated heterocycles. The quantitative estimate of drug-likeness (QED) is 0.476. The molecule has 1 unspecified atom stereocenters. The van der Waals surface area contributed by atoms with Gasteiger partial charge in [-0.05, 0) is 0 Å². The van der Waals surface area contributed by atoms with E-state index in [0.717, 1.165) is 11.7 Å². The third kappa shape index (κ3) is 4.93. The van der Waals surface area contributed by atoms with Gasteiger partial charge in [0.05, 0.1) is 12.7 Å². The van der Waals surface area contributed by atoms with E-state index < -0.39 is 6.10 Å². The summed E-state index contributed by atoms with van der Waals surface area (Å²) in [6, 6.07) is 0. The van der Waals surface area contributed by atoms with Crippen molar-refractivity contribution in [2.45, 2.75) is 11.3 Å². The molecule has 0 radical (unpaired) electrons. The van der Waals surface area contributed by atoms with Crippen LogP contribution in [0.5, 0.6) is 0 Å². The second-order valence-corrected chi connectivity index (χ2v) is 4.37. The molecule has 0 bridgehead atoms. The van der Waals surface area contributed by atoms with E-state index in [0.29, 0.717) is 18.9 Å². The number of hydrogen-bond acceptors (Lipinski definition) is 6. The number of rotatable bonds is 8. The molecule has 0 aliphatic rings. The van der Waals surface area contributed by atoms with Gasteiger partial charge in [0.25, 0.3) is 0 Å². The summed E-state index contributed by atoms with van der Waals surface area (Å²) in [4.78, 5) is 0. The molecule has 0 saturated carbocycles. The van der Waals surface area contributed by atoms with Crippen LogP contribution in [-0.2, 0) is 11.8 Å². The SMILES string of the molecule is COCCNCC(O)CSc1nncn1C. The molecule has 0 fully saturated rings. The number of aromatic nitrogens is 3. The van der Waals surface area contributed by atoms with Crippen molar-refractivity contribution >= 4 is 11.8 Å². The van der Waals surface area contributed by atoms with E-state index in [1.54, 1.807) is 13.4 Å². The number of aliphatic hydroxyl groups is 1. The summed E-state index contributed by atoms with van der Waals surface area (Å²) < 4.78 is 6.72. The van der Waals surface area contributed by atoms with Crippen LogP contribution in [0.4, 0.5) is 0 Å². The molecule has 1 heterocycles. The zero-order chi connectivity index (χ0) is 11.8. The summed E-state index contributed by atoms with van der Waals surface area (Å²) >= 11 is 1.49. The van der Waals surface area contributed by atoms with Crippen molar-refractivity contribution < 1.29 is 9.84 Å². The van der Waals surface area contributed by atoms with Gasteiger partial charge in [-0.15, -0.1) is 10.2 Å². The van der Waals surface area contributed by atoms with E-state index in [2.05, 4.69) is 15.5 Å². The lowest BCUT2D eigenvalue weighted by atomic mass is 10.4. The van der Waals surface area contributed by atoms with Crippen LogP contribution >= 0.6 is 11.8 Å². The van der Waals surface area contributed by atoms with Crippen LogP contribution in [0.1, 0.15) is 0 Å². The summed E-state index contributed by atoms with van der Waals surface area (Å²) in [5.41, 5.74) is 0. The number of nitrogens with one attached hydrogen (secondary N) is 1. The highest BCUT2D eigenvalue weighted by Crippen LogP contribution is 2.13. The Labute approximate surface area is 99.4 Å². The van der Waals surface area contributed by atoms with Crippen LogP contribution in [0.15, 0.2) is 11.5 Å². The van der Waals surface area contributed by atoms with Crippen molar-refractivity contribution in [1.29, 1.82) is 0 Å². The fraction of sp³-hybridized carbons (Fsp3) is 0.778. The summed E-state index contributed by atoms with van der Waals surface area (Å²) in [5.74, 6) is 0.604. The highest BCUT2D eigenvalue weighted by molar-refractivity contribution is 7.99. The van der Waals surface area contributed by atoms with Crippen LogP contribution in [0.2, 0.25) is 0 Å². The van der Waals surface area contributed by atoms with Crippen molar-refractivity contribution in [1.82, 2.24) is 20.1 Å². The molecular formula is C9H18N4O2S. The second kappa shape index (κ2) is 7.61. The number of aryl methyl sites for hydroxylation is 1. The molecule has 2 N–H and O–H groups in total. The fourth-order valence-corrected chi connectivity index (χ4v) is 1.89. The van der Waals surface area contributed by atoms with E-state index in [4.69, 9.17) is 4.74 Å². The van der Waals surface area contributed by atoms with Crippen molar-refractivity contribution in [2.75, 3.05) is 32.6 Å². The molecular weight excluding hydrogens is 228 g/mol. The van der Waals surface area contributed by atoms with Gasteiger partial charge in [0.1, 0.15) is 6.33 Å². The lowest BCUT2D eigenvalue weighted by Crippen LogP contribution is -2.30. The van der Waals surface area contributed by atoms with Crippen LogP contribution in [0.25, 0.3) is 0 Å². The Bertz CT molecular complexity index is 295. The predicted octanol–water partition coefficient (Wildman–Crippen LogP) is -0.496. The molecule has 1 rings (SSSR count). The first-order valence-electron chi connectivity index (χ1n) is 5.08. The molecule has 0 amide bonds. The first-order valence-corrected chi connectivity index (χ1v) is 6.07. The summed E-state index contributed by atoms with van der Waals surface area (Å²) in [5, 5.41) is 21.3. The minimum atomic E-state index is -0.390. The van der Waals surface area contributed by atoms with E-state index in [-0.39, 0.29) is 0 Å². The monoisotopic (exact) mass is 246 g/mol. The zero-order valence-corrected chi connectivity index (χ0v) is 10.4. The van der Waals surface area contributed by atoms with Crippen LogP contribution in [0, 0.1) is 0 Å². The molecule has 0 aromatic carbocycles. The van der Waals surface area contributed by atoms with Gasteiger partial charge < -0.3 is 19.7 Å². The minimum absolute atomic E-state index is 0.390. The van der Waals surface area contributed by atoms with E-state index in [9.17, 15) is 5.11 Å². The first kappa shape index (κ1) is 13.4. The maximum Gasteiger partial charge on any atom is 0.190 e. The highest BCUT2D eigenvalue weighted by Gasteiger charge is 2.07. The van der Waals surface area contributed by atoms with Gasteiger partial charge in [-0.25, -0.2) is 0 Å². The molecule has 1 atom stereocenters. The topological polar surface area (TPSA) is 72.2 Å². The van der Waals surface area contributed by atoms with E-state index in [1.165, 1.54) is 11.8 Å². The molecule has 1 aromatic rings. The average Bonchev–Trinajstić information content (AvgIpc) is 2.67. The van der Waals surface area contributed by atoms with Crippen molar-refractivity contribution in [3.05, 3.63) is 6.33 Å². The van der Waals surface area contributed by atoms with Gasteiger partial charge in [0.15, 0.2) is 5.16 Å². The van der Waals surface area contributed by atoms with Crippen molar-refractivity contribution in [2.24, 2.45) is 7.05 Å². The fourth-order valence-electron chi connectivity index (χ4n) is 1.08. The highest BCUT2D eigenvalue weighted by atomic mass is 32.2.